The number of thioether (sulfide) groups is 1. The Morgan fingerprint density at radius 2 is 1.94 bits per heavy atom. The molecule has 0 bridgehead atoms. The lowest BCUT2D eigenvalue weighted by Gasteiger charge is -2.11. The van der Waals surface area contributed by atoms with E-state index in [-0.39, 0.29) is 0 Å². The largest absolute Gasteiger partial charge is 0.335 e. The zero-order valence-electron chi connectivity index (χ0n) is 11.7. The second-order valence-electron chi connectivity index (χ2n) is 5.52. The number of nitrogens with one attached hydrogen (secondary N) is 1. The molecule has 0 fully saturated rings. The average Bonchev–Trinajstić information content (AvgIpc) is 2.62. The summed E-state index contributed by atoms with van der Waals surface area (Å²) in [6.45, 7) is 9.76. The summed E-state index contributed by atoms with van der Waals surface area (Å²) in [5.74, 6) is 0.748. The number of benzene rings is 1. The van der Waals surface area contributed by atoms with Gasteiger partial charge in [0.1, 0.15) is 0 Å². The van der Waals surface area contributed by atoms with Gasteiger partial charge in [-0.3, -0.25) is 4.99 Å². The van der Waals surface area contributed by atoms with Crippen LogP contribution in [0.3, 0.4) is 0 Å². The molecule has 98 valence electrons. The first-order chi connectivity index (χ1) is 8.52. The van der Waals surface area contributed by atoms with Crippen molar-refractivity contribution in [1.29, 1.82) is 0 Å². The summed E-state index contributed by atoms with van der Waals surface area (Å²) in [7, 11) is 0. The van der Waals surface area contributed by atoms with Gasteiger partial charge in [0.25, 0.3) is 0 Å². The van der Waals surface area contributed by atoms with Crippen molar-refractivity contribution in [3.8, 4) is 0 Å². The smallest absolute Gasteiger partial charge is 0.161 e. The van der Waals surface area contributed by atoms with Gasteiger partial charge in [0, 0.05) is 10.9 Å². The third kappa shape index (κ3) is 3.77. The molecule has 2 rings (SSSR count). The summed E-state index contributed by atoms with van der Waals surface area (Å²) in [5.41, 5.74) is 3.74. The van der Waals surface area contributed by atoms with E-state index in [0.29, 0.717) is 5.25 Å². The Hall–Kier alpha value is -0.960. The summed E-state index contributed by atoms with van der Waals surface area (Å²) in [6, 6.07) is 6.54. The summed E-state index contributed by atoms with van der Waals surface area (Å²) < 4.78 is 0. The van der Waals surface area contributed by atoms with Gasteiger partial charge < -0.3 is 5.32 Å². The van der Waals surface area contributed by atoms with E-state index >= 15 is 0 Å². The lowest BCUT2D eigenvalue weighted by atomic mass is 10.1. The molecule has 0 amide bonds. The lowest BCUT2D eigenvalue weighted by molar-refractivity contribution is 0.575. The Kier molecular flexibility index (Phi) is 4.33. The van der Waals surface area contributed by atoms with Gasteiger partial charge in [0.2, 0.25) is 0 Å². The van der Waals surface area contributed by atoms with Gasteiger partial charge in [-0.2, -0.15) is 0 Å². The maximum Gasteiger partial charge on any atom is 0.161 e. The molecule has 0 radical (unpaired) electrons. The fourth-order valence-electron chi connectivity index (χ4n) is 2.30. The number of aryl methyl sites for hydroxylation is 2. The molecule has 1 aromatic rings. The zero-order chi connectivity index (χ0) is 13.1. The summed E-state index contributed by atoms with van der Waals surface area (Å²) in [5, 5.41) is 5.16. The van der Waals surface area contributed by atoms with Crippen LogP contribution in [0.15, 0.2) is 23.2 Å². The highest BCUT2D eigenvalue weighted by molar-refractivity contribution is 8.15. The minimum atomic E-state index is 0.651. The van der Waals surface area contributed by atoms with E-state index in [1.807, 2.05) is 11.8 Å². The van der Waals surface area contributed by atoms with Crippen molar-refractivity contribution in [2.45, 2.75) is 39.4 Å². The molecule has 0 saturated carbocycles. The molecule has 2 nitrogen and oxygen atoms in total. The Morgan fingerprint density at radius 1 is 1.28 bits per heavy atom. The van der Waals surface area contributed by atoms with Crippen LogP contribution in [0.4, 0.5) is 5.69 Å². The number of aliphatic imine (C=N–C) groups is 1. The SMILES string of the molecule is Cc1cc(C)cc(NC2=NCC(CC(C)C)S2)c1. The van der Waals surface area contributed by atoms with Crippen LogP contribution in [0, 0.1) is 19.8 Å². The Balaban J connectivity index is 1.95. The van der Waals surface area contributed by atoms with E-state index in [1.165, 1.54) is 17.5 Å². The van der Waals surface area contributed by atoms with Gasteiger partial charge in [-0.15, -0.1) is 0 Å². The summed E-state index contributed by atoms with van der Waals surface area (Å²) in [4.78, 5) is 4.59. The monoisotopic (exact) mass is 262 g/mol. The second kappa shape index (κ2) is 5.79. The van der Waals surface area contributed by atoms with Crippen molar-refractivity contribution in [3.63, 3.8) is 0 Å². The highest BCUT2D eigenvalue weighted by Gasteiger charge is 2.20. The molecular weight excluding hydrogens is 240 g/mol. The van der Waals surface area contributed by atoms with Crippen LogP contribution >= 0.6 is 11.8 Å². The number of hydrogen-bond acceptors (Lipinski definition) is 3. The quantitative estimate of drug-likeness (QED) is 0.881. The molecule has 1 aromatic carbocycles. The number of hydrogen-bond donors (Lipinski definition) is 1. The van der Waals surface area contributed by atoms with Crippen LogP contribution in [-0.4, -0.2) is 17.0 Å². The molecule has 0 saturated heterocycles. The number of anilines is 1. The highest BCUT2D eigenvalue weighted by Crippen LogP contribution is 2.27. The molecule has 1 aliphatic heterocycles. The predicted octanol–water partition coefficient (Wildman–Crippen LogP) is 4.23. The molecule has 3 heteroatoms. The second-order valence-corrected chi connectivity index (χ2v) is 6.81. The zero-order valence-corrected chi connectivity index (χ0v) is 12.5. The minimum absolute atomic E-state index is 0.651. The predicted molar refractivity (Wildman–Crippen MR) is 82.7 cm³/mol. The van der Waals surface area contributed by atoms with E-state index in [2.05, 4.69) is 56.2 Å². The van der Waals surface area contributed by atoms with Crippen LogP contribution in [0.2, 0.25) is 0 Å². The molecule has 18 heavy (non-hydrogen) atoms. The summed E-state index contributed by atoms with van der Waals surface area (Å²) in [6.07, 6.45) is 1.24. The van der Waals surface area contributed by atoms with Crippen molar-refractivity contribution in [2.24, 2.45) is 10.9 Å². The summed E-state index contributed by atoms with van der Waals surface area (Å²) >= 11 is 1.88. The van der Waals surface area contributed by atoms with E-state index in [9.17, 15) is 0 Å². The molecule has 1 heterocycles. The Morgan fingerprint density at radius 3 is 2.56 bits per heavy atom. The third-order valence-electron chi connectivity index (χ3n) is 2.92. The van der Waals surface area contributed by atoms with E-state index in [4.69, 9.17) is 0 Å². The van der Waals surface area contributed by atoms with Crippen molar-refractivity contribution in [1.82, 2.24) is 0 Å². The Bertz CT molecular complexity index is 432. The minimum Gasteiger partial charge on any atom is -0.335 e. The Labute approximate surface area is 114 Å². The van der Waals surface area contributed by atoms with Crippen molar-refractivity contribution < 1.29 is 0 Å². The molecule has 1 unspecified atom stereocenters. The van der Waals surface area contributed by atoms with Crippen molar-refractivity contribution >= 4 is 22.6 Å². The lowest BCUT2D eigenvalue weighted by Crippen LogP contribution is -2.09. The van der Waals surface area contributed by atoms with Gasteiger partial charge >= 0.3 is 0 Å². The molecule has 0 aromatic heterocycles. The van der Waals surface area contributed by atoms with Crippen LogP contribution < -0.4 is 5.32 Å². The van der Waals surface area contributed by atoms with Crippen LogP contribution in [0.25, 0.3) is 0 Å². The van der Waals surface area contributed by atoms with Gasteiger partial charge in [-0.1, -0.05) is 31.7 Å². The molecule has 1 aliphatic rings. The van der Waals surface area contributed by atoms with E-state index < -0.39 is 0 Å². The number of rotatable bonds is 3. The fourth-order valence-corrected chi connectivity index (χ4v) is 3.58. The maximum absolute atomic E-state index is 4.59. The molecule has 1 atom stereocenters. The molecule has 0 spiro atoms. The van der Waals surface area contributed by atoms with Crippen LogP contribution in [0.5, 0.6) is 0 Å². The van der Waals surface area contributed by atoms with Gasteiger partial charge in [-0.05, 0) is 49.4 Å². The molecular formula is C15H22N2S. The first-order valence-electron chi connectivity index (χ1n) is 6.59. The van der Waals surface area contributed by atoms with Gasteiger partial charge in [-0.25, -0.2) is 0 Å². The van der Waals surface area contributed by atoms with E-state index in [0.717, 1.165) is 23.3 Å². The molecule has 0 aliphatic carbocycles. The first-order valence-corrected chi connectivity index (χ1v) is 7.47. The third-order valence-corrected chi connectivity index (χ3v) is 4.05. The van der Waals surface area contributed by atoms with Gasteiger partial charge in [0.15, 0.2) is 5.17 Å². The highest BCUT2D eigenvalue weighted by atomic mass is 32.2. The number of nitrogens with zero attached hydrogens (tertiary/aromatic N) is 1. The van der Waals surface area contributed by atoms with Crippen LogP contribution in [-0.2, 0) is 0 Å². The average molecular weight is 262 g/mol. The molecule has 1 N–H and O–H groups in total. The van der Waals surface area contributed by atoms with Crippen molar-refractivity contribution in [2.75, 3.05) is 11.9 Å². The number of amidine groups is 1. The fraction of sp³-hybridized carbons (Fsp3) is 0.533. The van der Waals surface area contributed by atoms with Crippen molar-refractivity contribution in [3.05, 3.63) is 29.3 Å². The topological polar surface area (TPSA) is 24.4 Å². The van der Waals surface area contributed by atoms with Crippen LogP contribution in [0.1, 0.15) is 31.4 Å². The van der Waals surface area contributed by atoms with E-state index in [1.54, 1.807) is 0 Å². The maximum atomic E-state index is 4.59. The van der Waals surface area contributed by atoms with Gasteiger partial charge in [0.05, 0.1) is 6.54 Å². The standard InChI is InChI=1S/C15H22N2S/c1-10(2)5-14-9-16-15(18-14)17-13-7-11(3)6-12(4)8-13/h6-8,10,14H,5,9H2,1-4H3,(H,16,17). The normalized spacial score (nSPS) is 19.2. The first kappa shape index (κ1) is 13.5.